The largest absolute Gasteiger partial charge is 0.497 e. The first kappa shape index (κ1) is 32.4. The number of carbonyl (C=O) groups excluding carboxylic acids is 2. The smallest absolute Gasteiger partial charge is 0.411 e. The fourth-order valence-corrected chi connectivity index (χ4v) is 6.93. The van der Waals surface area contributed by atoms with Crippen LogP contribution in [-0.4, -0.2) is 84.7 Å². The Hall–Kier alpha value is -3.52. The summed E-state index contributed by atoms with van der Waals surface area (Å²) in [6, 6.07) is 14.6. The second-order valence-electron chi connectivity index (χ2n) is 10.6. The molecule has 0 radical (unpaired) electrons. The van der Waals surface area contributed by atoms with Crippen molar-refractivity contribution < 1.29 is 32.6 Å². The first-order valence-corrected chi connectivity index (χ1v) is 16.4. The highest BCUT2D eigenvalue weighted by Crippen LogP contribution is 2.24. The number of rotatable bonds is 15. The van der Waals surface area contributed by atoms with E-state index in [4.69, 9.17) is 9.47 Å². The monoisotopic (exact) mass is 630 g/mol. The molecule has 2 aromatic carbocycles. The molecule has 3 aromatic rings. The third kappa shape index (κ3) is 8.53. The summed E-state index contributed by atoms with van der Waals surface area (Å²) >= 11 is 1.40. The topological polar surface area (TPSA) is 138 Å². The van der Waals surface area contributed by atoms with Gasteiger partial charge in [-0.05, 0) is 30.0 Å². The van der Waals surface area contributed by atoms with Crippen LogP contribution in [0.4, 0.5) is 4.79 Å². The number of carbonyl (C=O) groups is 2. The minimum atomic E-state index is -4.02. The van der Waals surface area contributed by atoms with E-state index in [-0.39, 0.29) is 43.4 Å². The average Bonchev–Trinajstić information content (AvgIpc) is 3.66. The van der Waals surface area contributed by atoms with Crippen molar-refractivity contribution in [1.29, 1.82) is 0 Å². The van der Waals surface area contributed by atoms with Gasteiger partial charge in [0.25, 0.3) is 5.91 Å². The van der Waals surface area contributed by atoms with E-state index in [0.29, 0.717) is 5.75 Å². The molecule has 0 spiro atoms. The van der Waals surface area contributed by atoms with Gasteiger partial charge in [0.2, 0.25) is 10.0 Å². The molecular weight excluding hydrogens is 592 g/mol. The van der Waals surface area contributed by atoms with Crippen molar-refractivity contribution in [1.82, 2.24) is 19.5 Å². The maximum absolute atomic E-state index is 13.8. The summed E-state index contributed by atoms with van der Waals surface area (Å²) in [4.78, 5) is 32.2. The quantitative estimate of drug-likeness (QED) is 0.261. The van der Waals surface area contributed by atoms with Crippen molar-refractivity contribution in [3.8, 4) is 5.75 Å². The van der Waals surface area contributed by atoms with Gasteiger partial charge in [-0.1, -0.05) is 56.7 Å². The fraction of sp³-hybridized carbons (Fsp3) is 0.433. The van der Waals surface area contributed by atoms with Crippen LogP contribution >= 0.6 is 11.3 Å². The van der Waals surface area contributed by atoms with E-state index in [2.05, 4.69) is 10.3 Å². The molecule has 1 aromatic heterocycles. The summed E-state index contributed by atoms with van der Waals surface area (Å²) in [5.41, 5.74) is 2.50. The van der Waals surface area contributed by atoms with Gasteiger partial charge in [0.05, 0.1) is 42.8 Å². The van der Waals surface area contributed by atoms with E-state index in [9.17, 15) is 23.1 Å². The zero-order valence-corrected chi connectivity index (χ0v) is 26.1. The van der Waals surface area contributed by atoms with E-state index < -0.39 is 40.3 Å². The Morgan fingerprint density at radius 1 is 1.23 bits per heavy atom. The van der Waals surface area contributed by atoms with Gasteiger partial charge in [-0.2, -0.15) is 4.31 Å². The molecule has 1 unspecified atom stereocenters. The second-order valence-corrected chi connectivity index (χ2v) is 13.5. The van der Waals surface area contributed by atoms with Gasteiger partial charge in [-0.3, -0.25) is 14.7 Å². The van der Waals surface area contributed by atoms with Crippen molar-refractivity contribution in [3.05, 3.63) is 76.7 Å². The molecule has 11 nitrogen and oxygen atoms in total. The van der Waals surface area contributed by atoms with Gasteiger partial charge in [0.1, 0.15) is 5.75 Å². The van der Waals surface area contributed by atoms with Crippen LogP contribution < -0.4 is 10.1 Å². The van der Waals surface area contributed by atoms with E-state index >= 15 is 0 Å². The Labute approximate surface area is 256 Å². The molecule has 1 aliphatic rings. The number of nitrogens with zero attached hydrogens (tertiary/aromatic N) is 3. The summed E-state index contributed by atoms with van der Waals surface area (Å²) < 4.78 is 39.5. The molecule has 232 valence electrons. The Kier molecular flexibility index (Phi) is 11.1. The normalized spacial score (nSPS) is 17.4. The molecule has 43 heavy (non-hydrogen) atoms. The molecule has 0 bridgehead atoms. The highest BCUT2D eigenvalue weighted by molar-refractivity contribution is 7.89. The van der Waals surface area contributed by atoms with E-state index in [0.717, 1.165) is 16.9 Å². The molecule has 0 aliphatic carbocycles. The van der Waals surface area contributed by atoms with Gasteiger partial charge >= 0.3 is 6.09 Å². The van der Waals surface area contributed by atoms with Crippen LogP contribution in [0.15, 0.2) is 71.2 Å². The van der Waals surface area contributed by atoms with Gasteiger partial charge in [0.15, 0.2) is 6.10 Å². The van der Waals surface area contributed by atoms with Gasteiger partial charge in [0, 0.05) is 30.2 Å². The number of sulfonamides is 1. The zero-order chi connectivity index (χ0) is 31.0. The number of thiazole rings is 1. The van der Waals surface area contributed by atoms with Crippen LogP contribution in [0, 0.1) is 5.92 Å². The van der Waals surface area contributed by atoms with Crippen LogP contribution in [0.2, 0.25) is 0 Å². The third-order valence-electron chi connectivity index (χ3n) is 7.38. The number of aliphatic hydroxyl groups is 1. The van der Waals surface area contributed by atoms with Crippen LogP contribution in [0.5, 0.6) is 5.75 Å². The molecule has 4 atom stereocenters. The second kappa shape index (κ2) is 14.8. The molecule has 0 saturated carbocycles. The van der Waals surface area contributed by atoms with E-state index in [1.54, 1.807) is 23.8 Å². The molecular formula is C30H38N4O7S2. The number of aliphatic hydroxyl groups excluding tert-OH is 1. The van der Waals surface area contributed by atoms with Gasteiger partial charge in [-0.15, -0.1) is 11.3 Å². The predicted octanol–water partition coefficient (Wildman–Crippen LogP) is 3.30. The lowest BCUT2D eigenvalue weighted by molar-refractivity contribution is -0.129. The molecule has 13 heteroatoms. The van der Waals surface area contributed by atoms with Crippen LogP contribution in [0.3, 0.4) is 0 Å². The molecule has 2 amide bonds. The summed E-state index contributed by atoms with van der Waals surface area (Å²) in [5, 5.41) is 14.4. The predicted molar refractivity (Wildman–Crippen MR) is 162 cm³/mol. The lowest BCUT2D eigenvalue weighted by Gasteiger charge is -2.31. The number of hydrogen-bond acceptors (Lipinski definition) is 9. The number of hydrogen-bond donors (Lipinski definition) is 2. The molecule has 1 saturated heterocycles. The minimum absolute atomic E-state index is 0.0113. The first-order valence-electron chi connectivity index (χ1n) is 14.1. The standard InChI is InChI=1S/C30H38N4O7S2/c1-4-21(2)16-34(43(38,39)25-12-8-11-23(14-25)40-3)18-27(35)26(13-22-9-6-5-7-10-22)32-29(36)28-19-33(30(37)41-28)17-24-15-31-20-42-24/h5-12,14-15,20-21,26-28,35H,4,13,16-19H2,1-3H3,(H,32,36)/t21-,26+,27-,28?/m1/s1. The molecule has 2 heterocycles. The maximum atomic E-state index is 13.8. The Morgan fingerprint density at radius 3 is 2.67 bits per heavy atom. The van der Waals surface area contributed by atoms with Crippen molar-refractivity contribution >= 4 is 33.4 Å². The molecule has 1 fully saturated rings. The van der Waals surface area contributed by atoms with Crippen molar-refractivity contribution in [3.63, 3.8) is 0 Å². The Balaban J connectivity index is 1.54. The summed E-state index contributed by atoms with van der Waals surface area (Å²) in [5.74, 6) is -0.156. The fourth-order valence-electron chi connectivity index (χ4n) is 4.70. The van der Waals surface area contributed by atoms with Crippen molar-refractivity contribution in [2.24, 2.45) is 5.92 Å². The molecule has 4 rings (SSSR count). The molecule has 1 aliphatic heterocycles. The molecule has 2 N–H and O–H groups in total. The number of benzene rings is 2. The van der Waals surface area contributed by atoms with Gasteiger partial charge in [-0.25, -0.2) is 13.2 Å². The number of aromatic nitrogens is 1. The minimum Gasteiger partial charge on any atom is -0.497 e. The average molecular weight is 631 g/mol. The first-order chi connectivity index (χ1) is 20.6. The number of amides is 2. The van der Waals surface area contributed by atoms with Gasteiger partial charge < -0.3 is 19.9 Å². The van der Waals surface area contributed by atoms with Crippen LogP contribution in [-0.2, 0) is 32.5 Å². The van der Waals surface area contributed by atoms with E-state index in [1.807, 2.05) is 44.2 Å². The maximum Gasteiger partial charge on any atom is 0.411 e. The summed E-state index contributed by atoms with van der Waals surface area (Å²) in [6.07, 6.45) is -0.355. The van der Waals surface area contributed by atoms with Crippen molar-refractivity contribution in [2.75, 3.05) is 26.7 Å². The highest BCUT2D eigenvalue weighted by Gasteiger charge is 2.38. The highest BCUT2D eigenvalue weighted by atomic mass is 32.2. The lowest BCUT2D eigenvalue weighted by Crippen LogP contribution is -2.53. The van der Waals surface area contributed by atoms with E-state index in [1.165, 1.54) is 39.8 Å². The lowest BCUT2D eigenvalue weighted by atomic mass is 10.0. The van der Waals surface area contributed by atoms with Crippen molar-refractivity contribution in [2.45, 2.75) is 56.4 Å². The summed E-state index contributed by atoms with van der Waals surface area (Å²) in [7, 11) is -2.56. The third-order valence-corrected chi connectivity index (χ3v) is 9.97. The van der Waals surface area contributed by atoms with Crippen LogP contribution in [0.1, 0.15) is 30.7 Å². The number of methoxy groups -OCH3 is 1. The number of nitrogens with one attached hydrogen (secondary N) is 1. The van der Waals surface area contributed by atoms with Crippen LogP contribution in [0.25, 0.3) is 0 Å². The Bertz CT molecular complexity index is 1450. The summed E-state index contributed by atoms with van der Waals surface area (Å²) in [6.45, 7) is 4.14. The number of cyclic esters (lactones) is 1. The zero-order valence-electron chi connectivity index (χ0n) is 24.5. The Morgan fingerprint density at radius 2 is 2.00 bits per heavy atom. The number of ether oxygens (including phenoxy) is 2. The SMILES string of the molecule is CC[C@@H](C)CN(C[C@@H](O)[C@H](Cc1ccccc1)NC(=O)C1CN(Cc2cncs2)C(=O)O1)S(=O)(=O)c1cccc(OC)c1.